The third kappa shape index (κ3) is 3.62. The summed E-state index contributed by atoms with van der Waals surface area (Å²) < 4.78 is 40.4. The first-order valence-corrected chi connectivity index (χ1v) is 9.25. The van der Waals surface area contributed by atoms with Crippen molar-refractivity contribution < 1.29 is 22.7 Å². The lowest BCUT2D eigenvalue weighted by molar-refractivity contribution is -0.0527. The number of oxazole rings is 1. The maximum absolute atomic E-state index is 12.4. The number of pyridine rings is 1. The van der Waals surface area contributed by atoms with Gasteiger partial charge in [-0.25, -0.2) is 15.0 Å². The van der Waals surface area contributed by atoms with Gasteiger partial charge in [0, 0.05) is 26.1 Å². The van der Waals surface area contributed by atoms with Crippen LogP contribution in [0.25, 0.3) is 11.5 Å². The molecule has 148 valence electrons. The molecule has 0 amide bonds. The summed E-state index contributed by atoms with van der Waals surface area (Å²) in [5, 5.41) is 0.515. The number of thiazole rings is 1. The summed E-state index contributed by atoms with van der Waals surface area (Å²) in [4.78, 5) is 15.8. The minimum absolute atomic E-state index is 0.128. The summed E-state index contributed by atoms with van der Waals surface area (Å²) >= 11 is 1.42. The van der Waals surface area contributed by atoms with Crippen molar-refractivity contribution >= 4 is 22.5 Å². The Hall–Kier alpha value is -2.79. The SMILES string of the molecule is COC[C@H]1c2sc(N)nc2CCN1c1ncc(-c2cccc(OC(F)F)n2)o1. The van der Waals surface area contributed by atoms with Crippen LogP contribution in [0.3, 0.4) is 0 Å². The molecule has 1 aliphatic heterocycles. The first-order valence-electron chi connectivity index (χ1n) is 8.44. The minimum atomic E-state index is -2.95. The van der Waals surface area contributed by atoms with Gasteiger partial charge in [-0.3, -0.25) is 0 Å². The number of rotatable bonds is 6. The number of alkyl halides is 2. The Morgan fingerprint density at radius 2 is 2.25 bits per heavy atom. The molecule has 11 heteroatoms. The van der Waals surface area contributed by atoms with Crippen LogP contribution >= 0.6 is 11.3 Å². The number of fused-ring (bicyclic) bond motifs is 1. The van der Waals surface area contributed by atoms with Crippen molar-refractivity contribution in [1.29, 1.82) is 0 Å². The van der Waals surface area contributed by atoms with E-state index in [9.17, 15) is 8.78 Å². The van der Waals surface area contributed by atoms with Gasteiger partial charge in [0.1, 0.15) is 5.69 Å². The summed E-state index contributed by atoms with van der Waals surface area (Å²) in [6, 6.07) is 4.80. The predicted octanol–water partition coefficient (Wildman–Crippen LogP) is 3.13. The summed E-state index contributed by atoms with van der Waals surface area (Å²) in [6.07, 6.45) is 2.21. The van der Waals surface area contributed by atoms with E-state index in [0.29, 0.717) is 42.2 Å². The van der Waals surface area contributed by atoms with Crippen LogP contribution in [0.4, 0.5) is 19.9 Å². The van der Waals surface area contributed by atoms with Crippen molar-refractivity contribution in [3.8, 4) is 17.3 Å². The van der Waals surface area contributed by atoms with Crippen LogP contribution in [-0.2, 0) is 11.2 Å². The highest BCUT2D eigenvalue weighted by molar-refractivity contribution is 7.15. The molecule has 4 rings (SSSR count). The lowest BCUT2D eigenvalue weighted by Crippen LogP contribution is -2.37. The van der Waals surface area contributed by atoms with Gasteiger partial charge >= 0.3 is 6.61 Å². The molecule has 0 saturated carbocycles. The van der Waals surface area contributed by atoms with Gasteiger partial charge in [-0.15, -0.1) is 0 Å². The van der Waals surface area contributed by atoms with Gasteiger partial charge in [0.05, 0.1) is 29.4 Å². The van der Waals surface area contributed by atoms with E-state index in [1.54, 1.807) is 19.2 Å². The van der Waals surface area contributed by atoms with Crippen molar-refractivity contribution in [2.75, 3.05) is 30.9 Å². The van der Waals surface area contributed by atoms with E-state index in [2.05, 4.69) is 19.7 Å². The maximum Gasteiger partial charge on any atom is 0.388 e. The van der Waals surface area contributed by atoms with E-state index in [1.165, 1.54) is 23.6 Å². The summed E-state index contributed by atoms with van der Waals surface area (Å²) in [5.74, 6) is 0.158. The molecule has 0 saturated heterocycles. The van der Waals surface area contributed by atoms with Gasteiger partial charge < -0.3 is 24.5 Å². The smallest absolute Gasteiger partial charge is 0.388 e. The van der Waals surface area contributed by atoms with Crippen LogP contribution in [0.2, 0.25) is 0 Å². The first kappa shape index (κ1) is 18.6. The van der Waals surface area contributed by atoms with Crippen molar-refractivity contribution in [2.24, 2.45) is 0 Å². The lowest BCUT2D eigenvalue weighted by atomic mass is 10.1. The molecule has 28 heavy (non-hydrogen) atoms. The van der Waals surface area contributed by atoms with Gasteiger partial charge in [0.25, 0.3) is 6.01 Å². The number of halogens is 2. The molecule has 0 aromatic carbocycles. The normalized spacial score (nSPS) is 16.4. The largest absolute Gasteiger partial charge is 0.422 e. The molecule has 1 aliphatic rings. The topological polar surface area (TPSA) is 99.5 Å². The molecule has 1 atom stereocenters. The van der Waals surface area contributed by atoms with Crippen molar-refractivity contribution in [3.05, 3.63) is 35.0 Å². The Morgan fingerprint density at radius 1 is 1.39 bits per heavy atom. The van der Waals surface area contributed by atoms with E-state index in [-0.39, 0.29) is 11.9 Å². The molecule has 3 aromatic rings. The second-order valence-corrected chi connectivity index (χ2v) is 7.09. The number of nitrogen functional groups attached to an aromatic ring is 1. The Labute approximate surface area is 162 Å². The third-order valence-corrected chi connectivity index (χ3v) is 5.29. The number of aromatic nitrogens is 3. The number of anilines is 2. The van der Waals surface area contributed by atoms with Gasteiger partial charge in [-0.2, -0.15) is 8.78 Å². The Kier molecular flexibility index (Phi) is 5.09. The van der Waals surface area contributed by atoms with E-state index in [1.807, 2.05) is 4.90 Å². The number of nitrogens with zero attached hydrogens (tertiary/aromatic N) is 4. The number of hydrogen-bond donors (Lipinski definition) is 1. The zero-order valence-electron chi connectivity index (χ0n) is 14.8. The summed E-state index contributed by atoms with van der Waals surface area (Å²) in [5.41, 5.74) is 7.18. The molecule has 3 aromatic heterocycles. The van der Waals surface area contributed by atoms with Gasteiger partial charge in [-0.05, 0) is 6.07 Å². The predicted molar refractivity (Wildman–Crippen MR) is 98.6 cm³/mol. The number of ether oxygens (including phenoxy) is 2. The molecule has 0 aliphatic carbocycles. The average Bonchev–Trinajstić information content (AvgIpc) is 3.28. The van der Waals surface area contributed by atoms with E-state index < -0.39 is 6.61 Å². The average molecular weight is 409 g/mol. The minimum Gasteiger partial charge on any atom is -0.422 e. The Morgan fingerprint density at radius 3 is 3.04 bits per heavy atom. The zero-order chi connectivity index (χ0) is 19.7. The molecule has 0 bridgehead atoms. The molecule has 4 heterocycles. The summed E-state index contributed by atoms with van der Waals surface area (Å²) in [6.45, 7) is -1.90. The van der Waals surface area contributed by atoms with Crippen molar-refractivity contribution in [2.45, 2.75) is 19.1 Å². The number of nitrogens with two attached hydrogens (primary N) is 1. The number of hydrogen-bond acceptors (Lipinski definition) is 9. The van der Waals surface area contributed by atoms with Gasteiger partial charge in [0.2, 0.25) is 5.88 Å². The molecular weight excluding hydrogens is 392 g/mol. The third-order valence-electron chi connectivity index (χ3n) is 4.26. The van der Waals surface area contributed by atoms with Crippen LogP contribution in [0, 0.1) is 0 Å². The van der Waals surface area contributed by atoms with Crippen LogP contribution < -0.4 is 15.4 Å². The van der Waals surface area contributed by atoms with E-state index in [4.69, 9.17) is 14.9 Å². The standard InChI is InChI=1S/C17H17F2N5O3S/c1-25-8-11-14-10(23-16(20)28-14)5-6-24(11)17-21-7-12(26-17)9-3-2-4-13(22-9)27-15(18)19/h2-4,7,11,15H,5-6,8H2,1H3,(H2,20,23)/t11-/m0/s1. The molecule has 0 fully saturated rings. The lowest BCUT2D eigenvalue weighted by Gasteiger charge is -2.33. The Bertz CT molecular complexity index is 964. The van der Waals surface area contributed by atoms with Crippen molar-refractivity contribution in [3.63, 3.8) is 0 Å². The highest BCUT2D eigenvalue weighted by atomic mass is 32.1. The zero-order valence-corrected chi connectivity index (χ0v) is 15.7. The molecular formula is C17H17F2N5O3S. The fraction of sp³-hybridized carbons (Fsp3) is 0.353. The van der Waals surface area contributed by atoms with E-state index in [0.717, 1.165) is 10.6 Å². The molecule has 0 unspecified atom stereocenters. The second kappa shape index (κ2) is 7.68. The van der Waals surface area contributed by atoms with Gasteiger partial charge in [0.15, 0.2) is 10.9 Å². The van der Waals surface area contributed by atoms with Crippen LogP contribution in [0.1, 0.15) is 16.6 Å². The van der Waals surface area contributed by atoms with Crippen molar-refractivity contribution in [1.82, 2.24) is 15.0 Å². The fourth-order valence-corrected chi connectivity index (χ4v) is 4.10. The highest BCUT2D eigenvalue weighted by Crippen LogP contribution is 2.38. The number of methoxy groups -OCH3 is 1. The molecule has 0 radical (unpaired) electrons. The molecule has 2 N–H and O–H groups in total. The fourth-order valence-electron chi connectivity index (χ4n) is 3.12. The van der Waals surface area contributed by atoms with Gasteiger partial charge in [-0.1, -0.05) is 17.4 Å². The maximum atomic E-state index is 12.4. The molecule has 8 nitrogen and oxygen atoms in total. The van der Waals surface area contributed by atoms with Crippen LogP contribution in [-0.4, -0.2) is 41.8 Å². The summed E-state index contributed by atoms with van der Waals surface area (Å²) in [7, 11) is 1.62. The molecule has 0 spiro atoms. The van der Waals surface area contributed by atoms with Crippen LogP contribution in [0.15, 0.2) is 28.8 Å². The monoisotopic (exact) mass is 409 g/mol. The first-order chi connectivity index (χ1) is 13.5. The van der Waals surface area contributed by atoms with Crippen LogP contribution in [0.5, 0.6) is 5.88 Å². The Balaban J connectivity index is 1.62. The van der Waals surface area contributed by atoms with E-state index >= 15 is 0 Å². The highest BCUT2D eigenvalue weighted by Gasteiger charge is 2.33. The quantitative estimate of drug-likeness (QED) is 0.663. The second-order valence-electron chi connectivity index (χ2n) is 6.02.